The molecular weight excluding hydrogens is 368 g/mol. The molecule has 0 bridgehead atoms. The summed E-state index contributed by atoms with van der Waals surface area (Å²) >= 11 is 0. The van der Waals surface area contributed by atoms with Crippen LogP contribution in [0.15, 0.2) is 64.3 Å². The quantitative estimate of drug-likeness (QED) is 0.732. The number of aryl methyl sites for hydroxylation is 1. The average Bonchev–Trinajstić information content (AvgIpc) is 2.64. The summed E-state index contributed by atoms with van der Waals surface area (Å²) in [6, 6.07) is 10.8. The van der Waals surface area contributed by atoms with Crippen LogP contribution in [0.3, 0.4) is 0 Å². The molecule has 2 aromatic carbocycles. The van der Waals surface area contributed by atoms with Crippen molar-refractivity contribution in [1.82, 2.24) is 9.13 Å². The molecule has 28 heavy (non-hydrogen) atoms. The van der Waals surface area contributed by atoms with Crippen LogP contribution in [0.4, 0.5) is 14.5 Å². The Labute approximate surface area is 158 Å². The van der Waals surface area contributed by atoms with Crippen LogP contribution in [0.5, 0.6) is 0 Å². The van der Waals surface area contributed by atoms with Crippen molar-refractivity contribution in [2.45, 2.75) is 20.0 Å². The Hall–Kier alpha value is -3.55. The maximum atomic E-state index is 13.4. The molecule has 1 amide bonds. The van der Waals surface area contributed by atoms with E-state index in [9.17, 15) is 23.2 Å². The van der Waals surface area contributed by atoms with Crippen LogP contribution in [0.2, 0.25) is 0 Å². The Kier molecular flexibility index (Phi) is 5.49. The van der Waals surface area contributed by atoms with Crippen molar-refractivity contribution in [3.8, 4) is 0 Å². The van der Waals surface area contributed by atoms with E-state index in [2.05, 4.69) is 5.32 Å². The summed E-state index contributed by atoms with van der Waals surface area (Å²) in [5.41, 5.74) is 0.0781. The highest BCUT2D eigenvalue weighted by Gasteiger charge is 2.12. The molecule has 144 valence electrons. The van der Waals surface area contributed by atoms with Crippen molar-refractivity contribution in [3.63, 3.8) is 0 Å². The van der Waals surface area contributed by atoms with Gasteiger partial charge >= 0.3 is 5.69 Å². The molecule has 8 heteroatoms. The summed E-state index contributed by atoms with van der Waals surface area (Å²) in [7, 11) is 0. The van der Waals surface area contributed by atoms with Gasteiger partial charge in [-0.3, -0.25) is 18.7 Å². The van der Waals surface area contributed by atoms with Crippen LogP contribution < -0.4 is 16.6 Å². The van der Waals surface area contributed by atoms with E-state index >= 15 is 0 Å². The van der Waals surface area contributed by atoms with Crippen molar-refractivity contribution >= 4 is 11.6 Å². The van der Waals surface area contributed by atoms with Gasteiger partial charge < -0.3 is 5.32 Å². The van der Waals surface area contributed by atoms with Crippen LogP contribution in [-0.4, -0.2) is 15.0 Å². The van der Waals surface area contributed by atoms with Gasteiger partial charge in [-0.1, -0.05) is 18.2 Å². The normalized spacial score (nSPS) is 10.7. The molecule has 0 atom stereocenters. The standard InChI is InChI=1S/C20H17F2N3O3/c1-13-5-6-16(22)10-17(13)23-18(26)12-25-19(27)7-8-24(20(25)28)11-14-3-2-4-15(21)9-14/h2-10H,11-12H2,1H3,(H,23,26). The minimum absolute atomic E-state index is 0.0432. The number of halogens is 2. The zero-order chi connectivity index (χ0) is 20.3. The van der Waals surface area contributed by atoms with Gasteiger partial charge in [0.05, 0.1) is 6.54 Å². The minimum atomic E-state index is -0.706. The predicted molar refractivity (Wildman–Crippen MR) is 100 cm³/mol. The van der Waals surface area contributed by atoms with Crippen molar-refractivity contribution in [1.29, 1.82) is 0 Å². The molecule has 1 N–H and O–H groups in total. The summed E-state index contributed by atoms with van der Waals surface area (Å²) in [4.78, 5) is 36.9. The lowest BCUT2D eigenvalue weighted by molar-refractivity contribution is -0.116. The van der Waals surface area contributed by atoms with E-state index in [0.29, 0.717) is 11.1 Å². The van der Waals surface area contributed by atoms with Gasteiger partial charge in [0.1, 0.15) is 18.2 Å². The molecule has 1 aromatic heterocycles. The third-order valence-electron chi connectivity index (χ3n) is 4.16. The van der Waals surface area contributed by atoms with E-state index in [-0.39, 0.29) is 12.2 Å². The van der Waals surface area contributed by atoms with Gasteiger partial charge in [0.15, 0.2) is 0 Å². The number of amides is 1. The Morgan fingerprint density at radius 3 is 2.54 bits per heavy atom. The highest BCUT2D eigenvalue weighted by molar-refractivity contribution is 5.91. The number of nitrogens with one attached hydrogen (secondary N) is 1. The molecule has 0 fully saturated rings. The molecule has 0 saturated heterocycles. The van der Waals surface area contributed by atoms with Crippen molar-refractivity contribution in [2.75, 3.05) is 5.32 Å². The molecule has 0 unspecified atom stereocenters. The molecule has 0 aliphatic heterocycles. The molecule has 0 aliphatic carbocycles. The second kappa shape index (κ2) is 7.99. The van der Waals surface area contributed by atoms with Gasteiger partial charge in [0.25, 0.3) is 5.56 Å². The van der Waals surface area contributed by atoms with E-state index in [4.69, 9.17) is 0 Å². The zero-order valence-corrected chi connectivity index (χ0v) is 15.0. The lowest BCUT2D eigenvalue weighted by Gasteiger charge is -2.11. The van der Waals surface area contributed by atoms with Gasteiger partial charge in [-0.05, 0) is 42.3 Å². The zero-order valence-electron chi connectivity index (χ0n) is 15.0. The van der Waals surface area contributed by atoms with Crippen molar-refractivity contribution < 1.29 is 13.6 Å². The molecule has 3 aromatic rings. The summed E-state index contributed by atoms with van der Waals surface area (Å²) in [5, 5.41) is 2.49. The second-order valence-corrected chi connectivity index (χ2v) is 6.29. The molecule has 0 spiro atoms. The van der Waals surface area contributed by atoms with Crippen LogP contribution in [0.1, 0.15) is 11.1 Å². The Balaban J connectivity index is 1.83. The van der Waals surface area contributed by atoms with Gasteiger partial charge in [-0.15, -0.1) is 0 Å². The summed E-state index contributed by atoms with van der Waals surface area (Å²) in [6.45, 7) is 1.20. The Morgan fingerprint density at radius 2 is 1.79 bits per heavy atom. The van der Waals surface area contributed by atoms with E-state index in [0.717, 1.165) is 16.7 Å². The topological polar surface area (TPSA) is 73.1 Å². The number of anilines is 1. The number of benzene rings is 2. The van der Waals surface area contributed by atoms with Crippen LogP contribution >= 0.6 is 0 Å². The molecular formula is C20H17F2N3O3. The number of nitrogens with zero attached hydrogens (tertiary/aromatic N) is 2. The van der Waals surface area contributed by atoms with Crippen LogP contribution in [-0.2, 0) is 17.9 Å². The highest BCUT2D eigenvalue weighted by atomic mass is 19.1. The first-order chi connectivity index (χ1) is 13.3. The molecule has 3 rings (SSSR count). The maximum absolute atomic E-state index is 13.4. The first-order valence-corrected chi connectivity index (χ1v) is 8.44. The number of carbonyl (C=O) groups is 1. The lowest BCUT2D eigenvalue weighted by atomic mass is 10.2. The first-order valence-electron chi connectivity index (χ1n) is 8.44. The van der Waals surface area contributed by atoms with Gasteiger partial charge in [-0.25, -0.2) is 13.6 Å². The minimum Gasteiger partial charge on any atom is -0.324 e. The van der Waals surface area contributed by atoms with E-state index in [1.807, 2.05) is 0 Å². The first kappa shape index (κ1) is 19.2. The van der Waals surface area contributed by atoms with E-state index < -0.39 is 35.3 Å². The fraction of sp³-hybridized carbons (Fsp3) is 0.150. The lowest BCUT2D eigenvalue weighted by Crippen LogP contribution is -2.41. The third-order valence-corrected chi connectivity index (χ3v) is 4.16. The van der Waals surface area contributed by atoms with E-state index in [1.54, 1.807) is 13.0 Å². The van der Waals surface area contributed by atoms with Crippen molar-refractivity contribution in [2.24, 2.45) is 0 Å². The molecule has 0 aliphatic rings. The Morgan fingerprint density at radius 1 is 1.04 bits per heavy atom. The van der Waals surface area contributed by atoms with Gasteiger partial charge in [0, 0.05) is 18.0 Å². The number of hydrogen-bond donors (Lipinski definition) is 1. The van der Waals surface area contributed by atoms with Gasteiger partial charge in [0.2, 0.25) is 5.91 Å². The smallest absolute Gasteiger partial charge is 0.324 e. The fourth-order valence-corrected chi connectivity index (χ4v) is 2.72. The Bertz CT molecular complexity index is 1150. The molecule has 6 nitrogen and oxygen atoms in total. The van der Waals surface area contributed by atoms with Gasteiger partial charge in [-0.2, -0.15) is 0 Å². The largest absolute Gasteiger partial charge is 0.331 e. The summed E-state index contributed by atoms with van der Waals surface area (Å²) in [6.07, 6.45) is 1.29. The predicted octanol–water partition coefficient (Wildman–Crippen LogP) is 2.28. The monoisotopic (exact) mass is 385 g/mol. The maximum Gasteiger partial charge on any atom is 0.331 e. The van der Waals surface area contributed by atoms with Crippen LogP contribution in [0, 0.1) is 18.6 Å². The SMILES string of the molecule is Cc1ccc(F)cc1NC(=O)Cn1c(=O)ccn(Cc2cccc(F)c2)c1=O. The number of aromatic nitrogens is 2. The second-order valence-electron chi connectivity index (χ2n) is 6.29. The highest BCUT2D eigenvalue weighted by Crippen LogP contribution is 2.15. The molecule has 1 heterocycles. The van der Waals surface area contributed by atoms with Crippen molar-refractivity contribution in [3.05, 3.63) is 98.3 Å². The van der Waals surface area contributed by atoms with E-state index in [1.165, 1.54) is 41.1 Å². The fourth-order valence-electron chi connectivity index (χ4n) is 2.72. The number of rotatable bonds is 5. The summed E-state index contributed by atoms with van der Waals surface area (Å²) < 4.78 is 28.7. The number of hydrogen-bond acceptors (Lipinski definition) is 3. The average molecular weight is 385 g/mol. The molecule has 0 saturated carbocycles. The van der Waals surface area contributed by atoms with Crippen LogP contribution in [0.25, 0.3) is 0 Å². The number of carbonyl (C=O) groups excluding carboxylic acids is 1. The molecule has 0 radical (unpaired) electrons. The summed E-state index contributed by atoms with van der Waals surface area (Å²) in [5.74, 6) is -1.60. The third kappa shape index (κ3) is 4.40.